The monoisotopic (exact) mass is 200 g/mol. The number of aliphatic imine (C=N–C) groups is 1. The average Bonchev–Trinajstić information content (AvgIpc) is 2.65. The third-order valence-electron chi connectivity index (χ3n) is 2.38. The molecule has 3 heteroatoms. The van der Waals surface area contributed by atoms with Gasteiger partial charge in [-0.05, 0) is 24.1 Å². The molecule has 0 saturated heterocycles. The molecule has 0 amide bonds. The fourth-order valence-electron chi connectivity index (χ4n) is 1.52. The van der Waals surface area contributed by atoms with E-state index in [4.69, 9.17) is 0 Å². The van der Waals surface area contributed by atoms with Gasteiger partial charge in [-0.3, -0.25) is 14.8 Å². The molecule has 0 radical (unpaired) electrons. The topological polar surface area (TPSA) is 42.3 Å². The first-order chi connectivity index (χ1) is 7.16. The van der Waals surface area contributed by atoms with Crippen molar-refractivity contribution in [2.24, 2.45) is 4.99 Å². The lowest BCUT2D eigenvalue weighted by molar-refractivity contribution is 0.101. The van der Waals surface area contributed by atoms with Crippen LogP contribution < -0.4 is 0 Å². The van der Waals surface area contributed by atoms with Crippen LogP contribution in [0.3, 0.4) is 0 Å². The van der Waals surface area contributed by atoms with Crippen molar-refractivity contribution in [3.63, 3.8) is 0 Å². The summed E-state index contributed by atoms with van der Waals surface area (Å²) in [6.45, 7) is 3.52. The van der Waals surface area contributed by atoms with Crippen LogP contribution in [0.1, 0.15) is 36.3 Å². The number of aromatic nitrogens is 1. The molecule has 0 N–H and O–H groups in total. The van der Waals surface area contributed by atoms with E-state index in [2.05, 4.69) is 9.98 Å². The highest BCUT2D eigenvalue weighted by molar-refractivity contribution is 5.97. The maximum Gasteiger partial charge on any atom is 0.178 e. The van der Waals surface area contributed by atoms with Gasteiger partial charge in [-0.15, -0.1) is 0 Å². The highest BCUT2D eigenvalue weighted by atomic mass is 16.1. The van der Waals surface area contributed by atoms with E-state index in [-0.39, 0.29) is 5.78 Å². The van der Waals surface area contributed by atoms with Gasteiger partial charge in [0, 0.05) is 31.5 Å². The number of hydrogen-bond acceptors (Lipinski definition) is 3. The molecule has 0 aromatic carbocycles. The maximum absolute atomic E-state index is 11.0. The Labute approximate surface area is 88.6 Å². The Balaban J connectivity index is 2.22. The van der Waals surface area contributed by atoms with Crippen LogP contribution in [0.2, 0.25) is 0 Å². The summed E-state index contributed by atoms with van der Waals surface area (Å²) >= 11 is 0. The molecule has 1 aromatic heterocycles. The molecule has 1 aromatic rings. The predicted molar refractivity (Wildman–Crippen MR) is 59.9 cm³/mol. The number of pyridine rings is 1. The van der Waals surface area contributed by atoms with Crippen molar-refractivity contribution in [2.45, 2.75) is 20.3 Å². The van der Waals surface area contributed by atoms with E-state index in [1.807, 2.05) is 19.2 Å². The van der Waals surface area contributed by atoms with Crippen molar-refractivity contribution < 1.29 is 4.79 Å². The van der Waals surface area contributed by atoms with Gasteiger partial charge >= 0.3 is 0 Å². The summed E-state index contributed by atoms with van der Waals surface area (Å²) < 4.78 is 0. The summed E-state index contributed by atoms with van der Waals surface area (Å²) in [5.74, 6) is -0.00520. The summed E-state index contributed by atoms with van der Waals surface area (Å²) in [5, 5.41) is 0. The largest absolute Gasteiger partial charge is 0.293 e. The van der Waals surface area contributed by atoms with Crippen LogP contribution in [0.5, 0.6) is 0 Å². The van der Waals surface area contributed by atoms with E-state index in [9.17, 15) is 4.79 Å². The number of rotatable bonds is 2. The first-order valence-corrected chi connectivity index (χ1v) is 4.86. The highest BCUT2D eigenvalue weighted by Crippen LogP contribution is 2.22. The van der Waals surface area contributed by atoms with Crippen LogP contribution in [0, 0.1) is 0 Å². The Kier molecular flexibility index (Phi) is 2.46. The Morgan fingerprint density at radius 2 is 2.20 bits per heavy atom. The summed E-state index contributed by atoms with van der Waals surface area (Å²) in [5.41, 5.74) is 3.83. The van der Waals surface area contributed by atoms with Crippen molar-refractivity contribution in [2.75, 3.05) is 0 Å². The number of allylic oxidation sites excluding steroid dienone is 1. The maximum atomic E-state index is 11.0. The minimum absolute atomic E-state index is 0.00520. The molecule has 76 valence electrons. The Bertz CT molecular complexity index is 455. The summed E-state index contributed by atoms with van der Waals surface area (Å²) in [7, 11) is 0. The fraction of sp³-hybridized carbons (Fsp3) is 0.250. The molecule has 1 aliphatic rings. The number of carbonyl (C=O) groups is 1. The van der Waals surface area contributed by atoms with Gasteiger partial charge in [-0.25, -0.2) is 0 Å². The minimum Gasteiger partial charge on any atom is -0.293 e. The molecular weight excluding hydrogens is 188 g/mol. The third kappa shape index (κ3) is 2.01. The second-order valence-corrected chi connectivity index (χ2v) is 3.68. The molecule has 2 rings (SSSR count). The van der Waals surface area contributed by atoms with Crippen molar-refractivity contribution in [3.8, 4) is 0 Å². The SMILES string of the molecule is CC(=O)c1ccc(C2=CN=C(C)C2)cn1. The van der Waals surface area contributed by atoms with Crippen LogP contribution in [-0.2, 0) is 0 Å². The van der Waals surface area contributed by atoms with Gasteiger partial charge in [0.1, 0.15) is 5.69 Å². The first kappa shape index (κ1) is 9.77. The molecule has 0 aliphatic carbocycles. The van der Waals surface area contributed by atoms with Crippen molar-refractivity contribution in [3.05, 3.63) is 35.8 Å². The van der Waals surface area contributed by atoms with E-state index in [1.165, 1.54) is 6.92 Å². The Morgan fingerprint density at radius 3 is 2.67 bits per heavy atom. The highest BCUT2D eigenvalue weighted by Gasteiger charge is 2.09. The molecule has 0 bridgehead atoms. The molecule has 0 spiro atoms. The Hall–Kier alpha value is -1.77. The number of carbonyl (C=O) groups excluding carboxylic acids is 1. The normalized spacial score (nSPS) is 14.8. The van der Waals surface area contributed by atoms with Crippen molar-refractivity contribution in [1.29, 1.82) is 0 Å². The summed E-state index contributed by atoms with van der Waals surface area (Å²) in [4.78, 5) is 19.3. The third-order valence-corrected chi connectivity index (χ3v) is 2.38. The zero-order valence-corrected chi connectivity index (χ0v) is 8.82. The van der Waals surface area contributed by atoms with Crippen LogP contribution in [0.4, 0.5) is 0 Å². The van der Waals surface area contributed by atoms with E-state index < -0.39 is 0 Å². The van der Waals surface area contributed by atoms with Gasteiger partial charge in [0.05, 0.1) is 0 Å². The van der Waals surface area contributed by atoms with Crippen molar-refractivity contribution in [1.82, 2.24) is 4.98 Å². The average molecular weight is 200 g/mol. The smallest absolute Gasteiger partial charge is 0.178 e. The fourth-order valence-corrected chi connectivity index (χ4v) is 1.52. The molecule has 0 saturated carbocycles. The lowest BCUT2D eigenvalue weighted by Gasteiger charge is -2.01. The zero-order chi connectivity index (χ0) is 10.8. The lowest BCUT2D eigenvalue weighted by atomic mass is 10.0. The van der Waals surface area contributed by atoms with E-state index in [0.29, 0.717) is 5.69 Å². The summed E-state index contributed by atoms with van der Waals surface area (Å²) in [6.07, 6.45) is 4.47. The molecule has 2 heterocycles. The molecular formula is C12H12N2O. The number of ketones is 1. The molecule has 0 fully saturated rings. The Morgan fingerprint density at radius 1 is 1.40 bits per heavy atom. The van der Waals surface area contributed by atoms with Gasteiger partial charge in [-0.1, -0.05) is 6.07 Å². The van der Waals surface area contributed by atoms with E-state index in [0.717, 1.165) is 23.3 Å². The lowest BCUT2D eigenvalue weighted by Crippen LogP contribution is -1.97. The quantitative estimate of drug-likeness (QED) is 0.688. The minimum atomic E-state index is -0.00520. The van der Waals surface area contributed by atoms with Crippen LogP contribution >= 0.6 is 0 Å². The van der Waals surface area contributed by atoms with Gasteiger partial charge in [0.2, 0.25) is 0 Å². The van der Waals surface area contributed by atoms with Crippen LogP contribution in [-0.4, -0.2) is 16.5 Å². The van der Waals surface area contributed by atoms with Crippen LogP contribution in [0.15, 0.2) is 29.5 Å². The molecule has 1 aliphatic heterocycles. The van der Waals surface area contributed by atoms with Gasteiger partial charge in [-0.2, -0.15) is 0 Å². The standard InChI is InChI=1S/C12H12N2O/c1-8-5-11(7-13-8)10-3-4-12(9(2)15)14-6-10/h3-4,6-7H,5H2,1-2H3. The first-order valence-electron chi connectivity index (χ1n) is 4.86. The summed E-state index contributed by atoms with van der Waals surface area (Å²) in [6, 6.07) is 3.68. The molecule has 15 heavy (non-hydrogen) atoms. The second-order valence-electron chi connectivity index (χ2n) is 3.68. The predicted octanol–water partition coefficient (Wildman–Crippen LogP) is 2.49. The molecule has 0 unspecified atom stereocenters. The van der Waals surface area contributed by atoms with E-state index in [1.54, 1.807) is 12.3 Å². The van der Waals surface area contributed by atoms with Gasteiger partial charge in [0.25, 0.3) is 0 Å². The van der Waals surface area contributed by atoms with Gasteiger partial charge < -0.3 is 0 Å². The molecule has 3 nitrogen and oxygen atoms in total. The van der Waals surface area contributed by atoms with Gasteiger partial charge in [0.15, 0.2) is 5.78 Å². The second kappa shape index (κ2) is 3.77. The zero-order valence-electron chi connectivity index (χ0n) is 8.82. The number of nitrogens with zero attached hydrogens (tertiary/aromatic N) is 2. The molecule has 0 atom stereocenters. The number of hydrogen-bond donors (Lipinski definition) is 0. The van der Waals surface area contributed by atoms with Crippen LogP contribution in [0.25, 0.3) is 5.57 Å². The number of Topliss-reactive ketones (excluding diaryl/α,β-unsaturated/α-hetero) is 1. The van der Waals surface area contributed by atoms with E-state index >= 15 is 0 Å². The van der Waals surface area contributed by atoms with Crippen molar-refractivity contribution >= 4 is 17.1 Å².